The molecule has 0 bridgehead atoms. The third-order valence-corrected chi connectivity index (χ3v) is 9.05. The van der Waals surface area contributed by atoms with Gasteiger partial charge in [-0.25, -0.2) is 0 Å². The van der Waals surface area contributed by atoms with Crippen LogP contribution in [0, 0.1) is 11.3 Å². The highest BCUT2D eigenvalue weighted by Crippen LogP contribution is 2.46. The maximum atomic E-state index is 14.4. The quantitative estimate of drug-likeness (QED) is 0.293. The molecule has 5 atom stereocenters. The number of anilines is 1. The molecule has 248 valence electrons. The monoisotopic (exact) mass is 642 g/mol. The van der Waals surface area contributed by atoms with Gasteiger partial charge >= 0.3 is 6.18 Å². The van der Waals surface area contributed by atoms with Crippen molar-refractivity contribution in [3.63, 3.8) is 0 Å². The van der Waals surface area contributed by atoms with Crippen LogP contribution in [-0.2, 0) is 27.1 Å². The molecule has 0 radical (unpaired) electrons. The van der Waals surface area contributed by atoms with Gasteiger partial charge in [-0.2, -0.15) is 18.2 Å². The number of nitrogens with zero attached hydrogens (tertiary/aromatic N) is 3. The van der Waals surface area contributed by atoms with Crippen molar-refractivity contribution in [2.45, 2.75) is 90.3 Å². The van der Waals surface area contributed by atoms with E-state index in [0.717, 1.165) is 23.2 Å². The minimum absolute atomic E-state index is 0.0153. The summed E-state index contributed by atoms with van der Waals surface area (Å²) in [6.07, 6.45) is -4.04. The number of nitrogens with two attached hydrogens (primary N) is 1. The SMILES string of the molecule is CC[C@@H]1C[C@]1(NC(=O)[C@@H]1C[C@@H](Oc2nc3ccccc3n2CC)CN1C(=O)[C@@H](Nc1cccc(C(F)(F)F)c1)C(C)(C)C)C(N)=O. The van der Waals surface area contributed by atoms with Crippen LogP contribution >= 0.6 is 0 Å². The summed E-state index contributed by atoms with van der Waals surface area (Å²) in [5.41, 5.74) is 4.62. The van der Waals surface area contributed by atoms with Crippen LogP contribution in [0.2, 0.25) is 0 Å². The van der Waals surface area contributed by atoms with Gasteiger partial charge in [0.2, 0.25) is 17.7 Å². The number of halogens is 3. The number of alkyl halides is 3. The number of hydrogen-bond donors (Lipinski definition) is 3. The predicted octanol–water partition coefficient (Wildman–Crippen LogP) is 4.72. The van der Waals surface area contributed by atoms with Crippen LogP contribution in [0.15, 0.2) is 48.5 Å². The minimum atomic E-state index is -4.56. The van der Waals surface area contributed by atoms with Crippen molar-refractivity contribution in [2.75, 3.05) is 11.9 Å². The first-order valence-corrected chi connectivity index (χ1v) is 15.6. The maximum absolute atomic E-state index is 14.4. The van der Waals surface area contributed by atoms with E-state index in [1.807, 2.05) is 42.7 Å². The zero-order chi connectivity index (χ0) is 33.6. The van der Waals surface area contributed by atoms with E-state index in [1.54, 1.807) is 20.8 Å². The van der Waals surface area contributed by atoms with E-state index in [4.69, 9.17) is 10.5 Å². The second kappa shape index (κ2) is 12.1. The number of nitrogens with one attached hydrogen (secondary N) is 2. The molecule has 1 aliphatic heterocycles. The second-order valence-electron chi connectivity index (χ2n) is 13.3. The number of carbonyl (C=O) groups is 3. The van der Waals surface area contributed by atoms with E-state index in [0.29, 0.717) is 25.4 Å². The van der Waals surface area contributed by atoms with Crippen LogP contribution in [0.25, 0.3) is 11.0 Å². The zero-order valence-electron chi connectivity index (χ0n) is 26.6. The van der Waals surface area contributed by atoms with Crippen LogP contribution < -0.4 is 21.1 Å². The molecule has 46 heavy (non-hydrogen) atoms. The zero-order valence-corrected chi connectivity index (χ0v) is 26.6. The number of rotatable bonds is 10. The Morgan fingerprint density at radius 3 is 2.43 bits per heavy atom. The van der Waals surface area contributed by atoms with Gasteiger partial charge < -0.3 is 26.0 Å². The molecule has 3 aromatic rings. The van der Waals surface area contributed by atoms with Crippen molar-refractivity contribution in [1.29, 1.82) is 0 Å². The molecular weight excluding hydrogens is 601 g/mol. The molecule has 2 aromatic carbocycles. The van der Waals surface area contributed by atoms with E-state index >= 15 is 0 Å². The summed E-state index contributed by atoms with van der Waals surface area (Å²) in [6.45, 7) is 9.82. The number of aryl methyl sites for hydroxylation is 1. The topological polar surface area (TPSA) is 132 Å². The molecule has 3 amide bonds. The highest BCUT2D eigenvalue weighted by molar-refractivity contribution is 5.97. The van der Waals surface area contributed by atoms with Crippen LogP contribution in [0.1, 0.15) is 59.4 Å². The van der Waals surface area contributed by atoms with Crippen molar-refractivity contribution in [1.82, 2.24) is 19.8 Å². The Bertz CT molecular complexity index is 1630. The number of amides is 3. The molecule has 0 unspecified atom stereocenters. The summed E-state index contributed by atoms with van der Waals surface area (Å²) in [5.74, 6) is -1.77. The van der Waals surface area contributed by atoms with Crippen LogP contribution in [0.3, 0.4) is 0 Å². The van der Waals surface area contributed by atoms with Gasteiger partial charge in [0.15, 0.2) is 0 Å². The molecule has 2 heterocycles. The summed E-state index contributed by atoms with van der Waals surface area (Å²) < 4.78 is 48.7. The lowest BCUT2D eigenvalue weighted by Gasteiger charge is -2.36. The predicted molar refractivity (Wildman–Crippen MR) is 167 cm³/mol. The lowest BCUT2D eigenvalue weighted by atomic mass is 9.85. The fourth-order valence-electron chi connectivity index (χ4n) is 6.38. The molecular formula is C33H41F3N6O4. The van der Waals surface area contributed by atoms with Crippen molar-refractivity contribution >= 4 is 34.4 Å². The van der Waals surface area contributed by atoms with Gasteiger partial charge in [-0.05, 0) is 55.0 Å². The number of hydrogen-bond acceptors (Lipinski definition) is 6. The number of aromatic nitrogens is 2. The van der Waals surface area contributed by atoms with E-state index < -0.39 is 58.6 Å². The Morgan fingerprint density at radius 1 is 1.11 bits per heavy atom. The summed E-state index contributed by atoms with van der Waals surface area (Å²) >= 11 is 0. The van der Waals surface area contributed by atoms with Gasteiger partial charge in [0, 0.05) is 18.7 Å². The number of fused-ring (bicyclic) bond motifs is 1. The maximum Gasteiger partial charge on any atom is 0.416 e. The molecule has 1 saturated carbocycles. The summed E-state index contributed by atoms with van der Waals surface area (Å²) in [6, 6.07) is 10.5. The molecule has 10 nitrogen and oxygen atoms in total. The van der Waals surface area contributed by atoms with Crippen molar-refractivity contribution in [3.05, 3.63) is 54.1 Å². The van der Waals surface area contributed by atoms with Crippen LogP contribution in [0.5, 0.6) is 6.01 Å². The lowest BCUT2D eigenvalue weighted by molar-refractivity contribution is -0.141. The third-order valence-electron chi connectivity index (χ3n) is 9.05. The van der Waals surface area contributed by atoms with Gasteiger partial charge in [-0.3, -0.25) is 19.0 Å². The number of carbonyl (C=O) groups excluding carboxylic acids is 3. The van der Waals surface area contributed by atoms with Crippen LogP contribution in [0.4, 0.5) is 18.9 Å². The minimum Gasteiger partial charge on any atom is -0.459 e. The fourth-order valence-corrected chi connectivity index (χ4v) is 6.38. The molecule has 1 aromatic heterocycles. The van der Waals surface area contributed by atoms with Gasteiger partial charge in [-0.1, -0.05) is 52.3 Å². The largest absolute Gasteiger partial charge is 0.459 e. The average molecular weight is 643 g/mol. The van der Waals surface area contributed by atoms with E-state index in [-0.39, 0.29) is 24.6 Å². The second-order valence-corrected chi connectivity index (χ2v) is 13.3. The van der Waals surface area contributed by atoms with E-state index in [2.05, 4.69) is 15.6 Å². The molecule has 0 spiro atoms. The standard InChI is InChI=1S/C33H41F3N6O4/c1-6-19-17-32(19,29(37)45)40-27(43)25-16-22(46-30-39-23-13-8-9-14-24(23)41(30)7-2)18-42(25)28(44)26(31(3,4)5)38-21-12-10-11-20(15-21)33(34,35)36/h8-15,19,22,25-26,38H,6-7,16-18H2,1-5H3,(H2,37,45)(H,40,43)/t19-,22-,25+,26-,32-/m1/s1. The van der Waals surface area contributed by atoms with Crippen molar-refractivity contribution in [3.8, 4) is 6.01 Å². The molecule has 2 aliphatic rings. The van der Waals surface area contributed by atoms with Crippen LogP contribution in [-0.4, -0.2) is 62.4 Å². The van der Waals surface area contributed by atoms with Gasteiger partial charge in [0.25, 0.3) is 6.01 Å². The molecule has 1 aliphatic carbocycles. The summed E-state index contributed by atoms with van der Waals surface area (Å²) in [5, 5.41) is 5.85. The average Bonchev–Trinajstić information content (AvgIpc) is 3.36. The Hall–Kier alpha value is -4.29. The summed E-state index contributed by atoms with van der Waals surface area (Å²) in [4.78, 5) is 46.7. The van der Waals surface area contributed by atoms with E-state index in [9.17, 15) is 27.6 Å². The lowest BCUT2D eigenvalue weighted by Crippen LogP contribution is -2.57. The Kier molecular flexibility index (Phi) is 8.73. The first kappa shape index (κ1) is 33.1. The smallest absolute Gasteiger partial charge is 0.416 e. The Balaban J connectivity index is 1.46. The highest BCUT2D eigenvalue weighted by Gasteiger charge is 2.60. The Morgan fingerprint density at radius 2 is 1.83 bits per heavy atom. The molecule has 13 heteroatoms. The number of imidazole rings is 1. The molecule has 5 rings (SSSR count). The number of primary amides is 1. The summed E-state index contributed by atoms with van der Waals surface area (Å²) in [7, 11) is 0. The van der Waals surface area contributed by atoms with Crippen molar-refractivity contribution < 1.29 is 32.3 Å². The molecule has 2 fully saturated rings. The van der Waals surface area contributed by atoms with Crippen molar-refractivity contribution in [2.24, 2.45) is 17.1 Å². The third kappa shape index (κ3) is 6.36. The van der Waals surface area contributed by atoms with Gasteiger partial charge in [-0.15, -0.1) is 0 Å². The van der Waals surface area contributed by atoms with E-state index in [1.165, 1.54) is 17.0 Å². The first-order valence-electron chi connectivity index (χ1n) is 15.6. The fraction of sp³-hybridized carbons (Fsp3) is 0.515. The Labute approximate surface area is 265 Å². The normalized spacial score (nSPS) is 23.7. The molecule has 1 saturated heterocycles. The number of benzene rings is 2. The number of ether oxygens (including phenoxy) is 1. The molecule has 4 N–H and O–H groups in total. The number of likely N-dealkylation sites (tertiary alicyclic amines) is 1. The number of para-hydroxylation sites is 2. The van der Waals surface area contributed by atoms with Gasteiger partial charge in [0.05, 0.1) is 23.1 Å². The first-order chi connectivity index (χ1) is 21.6. The highest BCUT2D eigenvalue weighted by atomic mass is 19.4. The van der Waals surface area contributed by atoms with Gasteiger partial charge in [0.1, 0.15) is 23.7 Å².